The Morgan fingerprint density at radius 1 is 0.293 bits per heavy atom. The van der Waals surface area contributed by atoms with Crippen LogP contribution in [-0.4, -0.2) is 19.9 Å². The van der Waals surface area contributed by atoms with Crippen LogP contribution in [0.4, 0.5) is 0 Å². The summed E-state index contributed by atoms with van der Waals surface area (Å²) < 4.78 is 12.7. The Morgan fingerprint density at radius 3 is 1.69 bits per heavy atom. The minimum Gasteiger partial charge on any atom is -0.456 e. The second-order valence-electron chi connectivity index (χ2n) is 14.6. The summed E-state index contributed by atoms with van der Waals surface area (Å²) in [6.45, 7) is 0. The van der Waals surface area contributed by atoms with Crippen molar-refractivity contribution in [1.82, 2.24) is 19.9 Å². The topological polar surface area (TPSA) is 77.8 Å². The van der Waals surface area contributed by atoms with Gasteiger partial charge in [0.2, 0.25) is 5.89 Å². The Bertz CT molecular complexity index is 3570. The fourth-order valence-corrected chi connectivity index (χ4v) is 8.23. The molecule has 0 saturated carbocycles. The quantitative estimate of drug-likeness (QED) is 0.163. The van der Waals surface area contributed by atoms with Gasteiger partial charge in [0, 0.05) is 43.8 Å². The lowest BCUT2D eigenvalue weighted by Crippen LogP contribution is -2.00. The fraction of sp³-hybridized carbons (Fsp3) is 0. The summed E-state index contributed by atoms with van der Waals surface area (Å²) in [6, 6.07) is 62.4. The largest absolute Gasteiger partial charge is 0.456 e. The van der Waals surface area contributed by atoms with E-state index in [1.54, 1.807) is 0 Å². The third-order valence-corrected chi connectivity index (χ3v) is 11.1. The van der Waals surface area contributed by atoms with E-state index in [4.69, 9.17) is 28.8 Å². The summed E-state index contributed by atoms with van der Waals surface area (Å²) in [6.07, 6.45) is 0. The van der Waals surface area contributed by atoms with Crippen LogP contribution < -0.4 is 0 Å². The van der Waals surface area contributed by atoms with Crippen molar-refractivity contribution < 1.29 is 8.83 Å². The van der Waals surface area contributed by atoms with Crippen LogP contribution in [0.2, 0.25) is 0 Å². The maximum Gasteiger partial charge on any atom is 0.227 e. The highest BCUT2D eigenvalue weighted by atomic mass is 16.3. The Labute approximate surface area is 331 Å². The van der Waals surface area contributed by atoms with Crippen molar-refractivity contribution in [2.75, 3.05) is 0 Å². The van der Waals surface area contributed by atoms with Gasteiger partial charge in [-0.3, -0.25) is 0 Å². The average Bonchev–Trinajstić information content (AvgIpc) is 3.92. The van der Waals surface area contributed by atoms with Crippen LogP contribution in [0.1, 0.15) is 0 Å². The third-order valence-electron chi connectivity index (χ3n) is 11.1. The zero-order chi connectivity index (χ0) is 38.2. The molecule has 3 aromatic heterocycles. The normalized spacial score (nSPS) is 11.8. The number of oxazole rings is 1. The molecule has 0 spiro atoms. The monoisotopic (exact) mass is 742 g/mol. The van der Waals surface area contributed by atoms with Crippen LogP contribution in [-0.2, 0) is 0 Å². The van der Waals surface area contributed by atoms with Gasteiger partial charge < -0.3 is 8.83 Å². The van der Waals surface area contributed by atoms with Gasteiger partial charge in [-0.15, -0.1) is 0 Å². The van der Waals surface area contributed by atoms with E-state index in [-0.39, 0.29) is 0 Å². The van der Waals surface area contributed by atoms with Crippen LogP contribution in [0, 0.1) is 0 Å². The molecule has 0 bridgehead atoms. The van der Waals surface area contributed by atoms with Gasteiger partial charge in [0.1, 0.15) is 16.7 Å². The molecule has 6 heteroatoms. The van der Waals surface area contributed by atoms with E-state index in [2.05, 4.69) is 121 Å². The molecule has 12 rings (SSSR count). The maximum atomic E-state index is 6.49. The number of hydrogen-bond donors (Lipinski definition) is 0. The van der Waals surface area contributed by atoms with E-state index >= 15 is 0 Å². The van der Waals surface area contributed by atoms with Crippen LogP contribution in [0.25, 0.3) is 122 Å². The number of benzene rings is 9. The van der Waals surface area contributed by atoms with Crippen molar-refractivity contribution in [2.45, 2.75) is 0 Å². The van der Waals surface area contributed by atoms with Gasteiger partial charge in [-0.1, -0.05) is 140 Å². The number of furan rings is 1. The van der Waals surface area contributed by atoms with E-state index in [0.29, 0.717) is 23.4 Å². The van der Waals surface area contributed by atoms with Gasteiger partial charge >= 0.3 is 0 Å². The third kappa shape index (κ3) is 5.27. The highest BCUT2D eigenvalue weighted by Gasteiger charge is 2.18. The molecule has 0 radical (unpaired) electrons. The average molecular weight is 743 g/mol. The predicted octanol–water partition coefficient (Wildman–Crippen LogP) is 13.7. The van der Waals surface area contributed by atoms with E-state index in [1.807, 2.05) is 60.7 Å². The number of rotatable bonds is 5. The molecule has 270 valence electrons. The first-order chi connectivity index (χ1) is 28.7. The molecule has 58 heavy (non-hydrogen) atoms. The number of aromatic nitrogens is 4. The number of hydrogen-bond acceptors (Lipinski definition) is 6. The second kappa shape index (κ2) is 12.8. The molecule has 6 nitrogen and oxygen atoms in total. The van der Waals surface area contributed by atoms with Crippen molar-refractivity contribution >= 4 is 65.4 Å². The first-order valence-electron chi connectivity index (χ1n) is 19.3. The Hall–Kier alpha value is -7.96. The minimum absolute atomic E-state index is 0.577. The molecule has 0 amide bonds. The molecule has 0 atom stereocenters. The molecule has 0 fully saturated rings. The van der Waals surface area contributed by atoms with E-state index in [9.17, 15) is 0 Å². The number of para-hydroxylation sites is 1. The van der Waals surface area contributed by atoms with Crippen LogP contribution in [0.15, 0.2) is 191 Å². The first kappa shape index (κ1) is 32.3. The van der Waals surface area contributed by atoms with Crippen molar-refractivity contribution in [2.24, 2.45) is 0 Å². The van der Waals surface area contributed by atoms with E-state index in [1.165, 1.54) is 0 Å². The molecule has 3 heterocycles. The maximum absolute atomic E-state index is 6.49. The first-order valence-corrected chi connectivity index (χ1v) is 19.3. The molecule has 0 aliphatic heterocycles. The van der Waals surface area contributed by atoms with Gasteiger partial charge in [0.05, 0.1) is 0 Å². The predicted molar refractivity (Wildman–Crippen MR) is 234 cm³/mol. The summed E-state index contributed by atoms with van der Waals surface area (Å²) in [5.41, 5.74) is 9.04. The molecule has 0 saturated heterocycles. The fourth-order valence-electron chi connectivity index (χ4n) is 8.23. The Balaban J connectivity index is 0.976. The second-order valence-corrected chi connectivity index (χ2v) is 14.6. The lowest BCUT2D eigenvalue weighted by molar-refractivity contribution is 0.623. The smallest absolute Gasteiger partial charge is 0.227 e. The van der Waals surface area contributed by atoms with Crippen LogP contribution in [0.5, 0.6) is 0 Å². The van der Waals surface area contributed by atoms with E-state index in [0.717, 1.165) is 98.7 Å². The molecule has 12 aromatic rings. The Kier molecular flexibility index (Phi) is 7.13. The molecule has 0 unspecified atom stereocenters. The van der Waals surface area contributed by atoms with Gasteiger partial charge in [-0.25, -0.2) is 19.9 Å². The van der Waals surface area contributed by atoms with Gasteiger partial charge in [-0.2, -0.15) is 0 Å². The van der Waals surface area contributed by atoms with Crippen molar-refractivity contribution in [3.05, 3.63) is 182 Å². The summed E-state index contributed by atoms with van der Waals surface area (Å²) in [7, 11) is 0. The minimum atomic E-state index is 0.577. The van der Waals surface area contributed by atoms with Crippen LogP contribution in [0.3, 0.4) is 0 Å². The zero-order valence-corrected chi connectivity index (χ0v) is 30.9. The van der Waals surface area contributed by atoms with Gasteiger partial charge in [-0.05, 0) is 75.1 Å². The molecule has 0 aliphatic rings. The van der Waals surface area contributed by atoms with Crippen LogP contribution >= 0.6 is 0 Å². The van der Waals surface area contributed by atoms with Gasteiger partial charge in [0.15, 0.2) is 23.1 Å². The summed E-state index contributed by atoms with van der Waals surface area (Å²) in [5, 5.41) is 8.79. The number of nitrogens with zero attached hydrogens (tertiary/aromatic N) is 4. The van der Waals surface area contributed by atoms with Gasteiger partial charge in [0.25, 0.3) is 0 Å². The zero-order valence-electron chi connectivity index (χ0n) is 30.9. The Morgan fingerprint density at radius 2 is 0.862 bits per heavy atom. The molecular formula is C52H30N4O2. The molecule has 9 aromatic carbocycles. The highest BCUT2D eigenvalue weighted by molar-refractivity contribution is 6.23. The van der Waals surface area contributed by atoms with Crippen molar-refractivity contribution in [1.29, 1.82) is 0 Å². The lowest BCUT2D eigenvalue weighted by Gasteiger charge is -2.10. The molecule has 0 N–H and O–H groups in total. The summed E-state index contributed by atoms with van der Waals surface area (Å²) in [5.74, 6) is 2.38. The van der Waals surface area contributed by atoms with Crippen molar-refractivity contribution in [3.63, 3.8) is 0 Å². The SMILES string of the molecule is c1ccc(-c2nc3c4cc(-c5ccc(-c6nc(-c7ccc8ccccc8c7)nc(-c7ccc8c(c7)oc7ccccc78)n6)cc5)ccc4c4ccccc4c3o2)cc1. The summed E-state index contributed by atoms with van der Waals surface area (Å²) in [4.78, 5) is 20.3. The lowest BCUT2D eigenvalue weighted by atomic mass is 9.96. The summed E-state index contributed by atoms with van der Waals surface area (Å²) >= 11 is 0. The number of fused-ring (bicyclic) bond motifs is 10. The van der Waals surface area contributed by atoms with E-state index < -0.39 is 0 Å². The standard InChI is InChI=1S/C52H30N4O2/c1-2-11-34(12-3-1)52-53-47-44-29-36(24-26-40(44)39-14-6-7-16-43(39)48(47)58-52)32-18-21-33(22-19-32)49-54-50(37-23-20-31-10-4-5-13-35(31)28-37)56-51(55-49)38-25-27-42-41-15-8-9-17-45(41)57-46(42)30-38/h1-30H. The molecular weight excluding hydrogens is 713 g/mol. The highest BCUT2D eigenvalue weighted by Crippen LogP contribution is 2.39. The molecule has 0 aliphatic carbocycles. The van der Waals surface area contributed by atoms with Crippen molar-refractivity contribution in [3.8, 4) is 56.7 Å².